The first kappa shape index (κ1) is 16.3. The Morgan fingerprint density at radius 1 is 1.43 bits per heavy atom. The van der Waals surface area contributed by atoms with Crippen LogP contribution in [0.1, 0.15) is 46.3 Å². The van der Waals surface area contributed by atoms with E-state index in [0.717, 1.165) is 24.0 Å². The normalized spacial score (nSPS) is 22.3. The summed E-state index contributed by atoms with van der Waals surface area (Å²) < 4.78 is 30.0. The summed E-state index contributed by atoms with van der Waals surface area (Å²) in [6, 6.07) is 5.78. The van der Waals surface area contributed by atoms with Crippen LogP contribution in [0.4, 0.5) is 8.78 Å². The van der Waals surface area contributed by atoms with Gasteiger partial charge in [-0.2, -0.15) is 0 Å². The van der Waals surface area contributed by atoms with E-state index in [1.807, 2.05) is 18.2 Å². The predicted octanol–water partition coefficient (Wildman–Crippen LogP) is 2.56. The molecule has 6 heteroatoms. The van der Waals surface area contributed by atoms with Crippen molar-refractivity contribution in [1.29, 1.82) is 0 Å². The fraction of sp³-hybridized carbons (Fsp3) is 0.588. The Kier molecular flexibility index (Phi) is 4.92. The van der Waals surface area contributed by atoms with Gasteiger partial charge in [0.2, 0.25) is 0 Å². The summed E-state index contributed by atoms with van der Waals surface area (Å²) in [6.45, 7) is 1.70. The zero-order valence-corrected chi connectivity index (χ0v) is 13.2. The van der Waals surface area contributed by atoms with Crippen LogP contribution in [0.2, 0.25) is 0 Å². The first-order valence-electron chi connectivity index (χ1n) is 8.04. The highest BCUT2D eigenvalue weighted by Crippen LogP contribution is 2.42. The molecule has 1 atom stereocenters. The highest BCUT2D eigenvalue weighted by atomic mass is 19.3. The van der Waals surface area contributed by atoms with Crippen LogP contribution in [0.5, 0.6) is 0 Å². The summed E-state index contributed by atoms with van der Waals surface area (Å²) in [7, 11) is 1.39. The summed E-state index contributed by atoms with van der Waals surface area (Å²) in [5.74, 6) is 0.110. The molecule has 1 saturated heterocycles. The number of methoxy groups -OCH3 is 1. The van der Waals surface area contributed by atoms with Gasteiger partial charge in [-0.1, -0.05) is 12.1 Å². The summed E-state index contributed by atoms with van der Waals surface area (Å²) in [5.41, 5.74) is 2.71. The number of nitrogens with zero attached hydrogens (tertiary/aromatic N) is 1. The first-order chi connectivity index (χ1) is 11.1. The fourth-order valence-electron chi connectivity index (χ4n) is 3.22. The Morgan fingerprint density at radius 2 is 2.22 bits per heavy atom. The van der Waals surface area contributed by atoms with Crippen LogP contribution >= 0.6 is 0 Å². The lowest BCUT2D eigenvalue weighted by atomic mass is 9.95. The molecule has 1 heterocycles. The van der Waals surface area contributed by atoms with E-state index in [2.05, 4.69) is 5.32 Å². The van der Waals surface area contributed by atoms with Gasteiger partial charge in [-0.15, -0.1) is 0 Å². The highest BCUT2D eigenvalue weighted by Gasteiger charge is 2.30. The zero-order valence-electron chi connectivity index (χ0n) is 13.2. The van der Waals surface area contributed by atoms with Crippen molar-refractivity contribution in [1.82, 2.24) is 10.2 Å². The molecule has 0 radical (unpaired) electrons. The number of esters is 1. The van der Waals surface area contributed by atoms with Gasteiger partial charge in [0.25, 0.3) is 6.43 Å². The number of carbonyl (C=O) groups is 1. The maximum absolute atomic E-state index is 12.6. The third-order valence-electron chi connectivity index (χ3n) is 4.56. The molecule has 1 aliphatic heterocycles. The van der Waals surface area contributed by atoms with Gasteiger partial charge in [0.1, 0.15) is 0 Å². The van der Waals surface area contributed by atoms with Gasteiger partial charge in [0, 0.05) is 25.7 Å². The number of rotatable bonds is 5. The molecule has 126 valence electrons. The Balaban J connectivity index is 1.79. The number of hydrogen-bond acceptors (Lipinski definition) is 4. The summed E-state index contributed by atoms with van der Waals surface area (Å²) in [6.07, 6.45) is -0.135. The molecule has 1 aliphatic carbocycles. The molecule has 3 rings (SSSR count). The number of benzene rings is 1. The van der Waals surface area contributed by atoms with Crippen molar-refractivity contribution in [3.05, 3.63) is 34.9 Å². The number of ether oxygens (including phenoxy) is 1. The lowest BCUT2D eigenvalue weighted by molar-refractivity contribution is 0.0598. The molecule has 1 saturated carbocycles. The maximum Gasteiger partial charge on any atom is 0.338 e. The number of piperazine rings is 1. The van der Waals surface area contributed by atoms with E-state index in [-0.39, 0.29) is 18.6 Å². The van der Waals surface area contributed by atoms with Gasteiger partial charge in [-0.25, -0.2) is 13.6 Å². The second-order valence-corrected chi connectivity index (χ2v) is 6.27. The van der Waals surface area contributed by atoms with Crippen LogP contribution in [0.3, 0.4) is 0 Å². The molecule has 0 aromatic heterocycles. The number of hydrogen-bond donors (Lipinski definition) is 1. The van der Waals surface area contributed by atoms with Gasteiger partial charge >= 0.3 is 5.97 Å². The predicted molar refractivity (Wildman–Crippen MR) is 82.9 cm³/mol. The number of halogens is 2. The van der Waals surface area contributed by atoms with Crippen molar-refractivity contribution in [3.8, 4) is 0 Å². The Morgan fingerprint density at radius 3 is 2.87 bits per heavy atom. The van der Waals surface area contributed by atoms with Gasteiger partial charge in [-0.05, 0) is 36.0 Å². The Labute approximate surface area is 134 Å². The van der Waals surface area contributed by atoms with E-state index >= 15 is 0 Å². The van der Waals surface area contributed by atoms with Gasteiger partial charge < -0.3 is 10.1 Å². The van der Waals surface area contributed by atoms with E-state index in [4.69, 9.17) is 4.74 Å². The van der Waals surface area contributed by atoms with E-state index in [1.54, 1.807) is 4.90 Å². The van der Waals surface area contributed by atoms with Crippen LogP contribution < -0.4 is 5.32 Å². The minimum Gasteiger partial charge on any atom is -0.465 e. The molecule has 1 aromatic carbocycles. The van der Waals surface area contributed by atoms with E-state index < -0.39 is 6.43 Å². The second-order valence-electron chi connectivity index (χ2n) is 6.27. The van der Waals surface area contributed by atoms with Crippen molar-refractivity contribution in [2.24, 2.45) is 0 Å². The molecule has 0 bridgehead atoms. The van der Waals surface area contributed by atoms with Crippen LogP contribution in [-0.2, 0) is 4.74 Å². The van der Waals surface area contributed by atoms with Crippen LogP contribution in [0.15, 0.2) is 18.2 Å². The van der Waals surface area contributed by atoms with Gasteiger partial charge in [-0.3, -0.25) is 4.90 Å². The number of alkyl halides is 2. The lowest BCUT2D eigenvalue weighted by Gasteiger charge is -2.34. The average molecular weight is 324 g/mol. The van der Waals surface area contributed by atoms with Crippen LogP contribution in [-0.4, -0.2) is 50.6 Å². The second kappa shape index (κ2) is 6.93. The third-order valence-corrected chi connectivity index (χ3v) is 4.56. The molecule has 4 nitrogen and oxygen atoms in total. The zero-order chi connectivity index (χ0) is 16.4. The molecule has 1 aromatic rings. The van der Waals surface area contributed by atoms with Gasteiger partial charge in [0.05, 0.1) is 19.2 Å². The van der Waals surface area contributed by atoms with Crippen LogP contribution in [0.25, 0.3) is 0 Å². The van der Waals surface area contributed by atoms with E-state index in [1.165, 1.54) is 7.11 Å². The quantitative estimate of drug-likeness (QED) is 0.845. The molecule has 0 amide bonds. The molecular formula is C17H22F2N2O2. The third kappa shape index (κ3) is 3.87. The number of carbonyl (C=O) groups excluding carboxylic acids is 1. The van der Waals surface area contributed by atoms with E-state index in [0.29, 0.717) is 31.1 Å². The molecule has 2 aliphatic rings. The lowest BCUT2D eigenvalue weighted by Crippen LogP contribution is -2.47. The fourth-order valence-corrected chi connectivity index (χ4v) is 3.22. The molecule has 2 fully saturated rings. The Hall–Kier alpha value is -1.53. The standard InChI is InChI=1S/C17H22F2N2O2/c1-23-17(22)13-5-4-12(8-14(13)11-2-3-11)15-9-21(7-6-20-15)10-16(18)19/h4-5,8,11,15-16,20H,2-3,6-7,9-10H2,1H3. The van der Waals surface area contributed by atoms with Crippen molar-refractivity contribution >= 4 is 5.97 Å². The van der Waals surface area contributed by atoms with Crippen molar-refractivity contribution in [3.63, 3.8) is 0 Å². The van der Waals surface area contributed by atoms with Crippen molar-refractivity contribution in [2.45, 2.75) is 31.2 Å². The molecule has 23 heavy (non-hydrogen) atoms. The molecule has 1 N–H and O–H groups in total. The SMILES string of the molecule is COC(=O)c1ccc(C2CN(CC(F)F)CCN2)cc1C1CC1. The van der Waals surface area contributed by atoms with Gasteiger partial charge in [0.15, 0.2) is 0 Å². The molecular weight excluding hydrogens is 302 g/mol. The number of nitrogens with one attached hydrogen (secondary N) is 1. The van der Waals surface area contributed by atoms with Crippen molar-refractivity contribution < 1.29 is 18.3 Å². The largest absolute Gasteiger partial charge is 0.465 e. The van der Waals surface area contributed by atoms with E-state index in [9.17, 15) is 13.6 Å². The monoisotopic (exact) mass is 324 g/mol. The van der Waals surface area contributed by atoms with Crippen molar-refractivity contribution in [2.75, 3.05) is 33.3 Å². The van der Waals surface area contributed by atoms with Crippen LogP contribution in [0, 0.1) is 0 Å². The highest BCUT2D eigenvalue weighted by molar-refractivity contribution is 5.91. The topological polar surface area (TPSA) is 41.6 Å². The maximum atomic E-state index is 12.6. The first-order valence-corrected chi connectivity index (χ1v) is 8.04. The molecule has 0 spiro atoms. The summed E-state index contributed by atoms with van der Waals surface area (Å²) in [4.78, 5) is 13.7. The Bertz CT molecular complexity index is 576. The average Bonchev–Trinajstić information content (AvgIpc) is 3.38. The summed E-state index contributed by atoms with van der Waals surface area (Å²) >= 11 is 0. The molecule has 1 unspecified atom stereocenters. The minimum absolute atomic E-state index is 0.0201. The summed E-state index contributed by atoms with van der Waals surface area (Å²) in [5, 5.41) is 3.39. The smallest absolute Gasteiger partial charge is 0.338 e. The minimum atomic E-state index is -2.31.